The van der Waals surface area contributed by atoms with Crippen molar-refractivity contribution < 1.29 is 9.53 Å². The molecule has 1 amide bonds. The van der Waals surface area contributed by atoms with E-state index in [9.17, 15) is 9.59 Å². The molecule has 1 N–H and O–H groups in total. The molecule has 23 heavy (non-hydrogen) atoms. The first-order valence-electron chi connectivity index (χ1n) is 8.31. The molecule has 6 nitrogen and oxygen atoms in total. The van der Waals surface area contributed by atoms with Crippen LogP contribution in [0.1, 0.15) is 28.9 Å². The predicted molar refractivity (Wildman–Crippen MR) is 87.7 cm³/mol. The van der Waals surface area contributed by atoms with Crippen molar-refractivity contribution in [2.45, 2.75) is 25.9 Å². The van der Waals surface area contributed by atoms with Gasteiger partial charge in [0.1, 0.15) is 0 Å². The number of nitrogens with zero attached hydrogens (tertiary/aromatic N) is 2. The third-order valence-electron chi connectivity index (χ3n) is 4.45. The molecule has 2 heterocycles. The Morgan fingerprint density at radius 2 is 2.17 bits per heavy atom. The molecule has 1 aliphatic carbocycles. The van der Waals surface area contributed by atoms with Gasteiger partial charge in [0.2, 0.25) is 5.56 Å². The largest absolute Gasteiger partial charge is 0.374 e. The van der Waals surface area contributed by atoms with Crippen molar-refractivity contribution in [1.82, 2.24) is 14.8 Å². The highest BCUT2D eigenvalue weighted by molar-refractivity contribution is 5.94. The Morgan fingerprint density at radius 3 is 2.83 bits per heavy atom. The van der Waals surface area contributed by atoms with Crippen molar-refractivity contribution in [3.8, 4) is 0 Å². The Hall–Kier alpha value is -1.66. The predicted octanol–water partition coefficient (Wildman–Crippen LogP) is 0.866. The van der Waals surface area contributed by atoms with Crippen molar-refractivity contribution in [3.63, 3.8) is 0 Å². The Kier molecular flexibility index (Phi) is 4.82. The van der Waals surface area contributed by atoms with Crippen LogP contribution in [0, 0.1) is 12.8 Å². The molecule has 0 spiro atoms. The van der Waals surface area contributed by atoms with Gasteiger partial charge in [0.05, 0.1) is 12.7 Å². The number of carbonyl (C=O) groups excluding carboxylic acids is 1. The van der Waals surface area contributed by atoms with Crippen LogP contribution in [-0.2, 0) is 4.74 Å². The maximum Gasteiger partial charge on any atom is 0.254 e. The summed E-state index contributed by atoms with van der Waals surface area (Å²) in [5, 5.41) is 0. The molecule has 0 bridgehead atoms. The Morgan fingerprint density at radius 1 is 1.39 bits per heavy atom. The van der Waals surface area contributed by atoms with Crippen LogP contribution in [0.2, 0.25) is 0 Å². The maximum atomic E-state index is 12.9. The zero-order valence-corrected chi connectivity index (χ0v) is 13.9. The van der Waals surface area contributed by atoms with E-state index < -0.39 is 0 Å². The lowest BCUT2D eigenvalue weighted by Gasteiger charge is -2.34. The highest BCUT2D eigenvalue weighted by Gasteiger charge is 2.30. The SMILES string of the molecule is Cc1cc(C(=O)N(CC2CC2)CC2CN(C)CCO2)cc(=O)[nH]1. The van der Waals surface area contributed by atoms with Crippen LogP contribution in [0.15, 0.2) is 16.9 Å². The van der Waals surface area contributed by atoms with E-state index in [0.717, 1.165) is 19.6 Å². The van der Waals surface area contributed by atoms with Gasteiger partial charge in [-0.15, -0.1) is 0 Å². The van der Waals surface area contributed by atoms with Crippen molar-refractivity contribution in [2.75, 3.05) is 39.8 Å². The second-order valence-electron chi connectivity index (χ2n) is 6.82. The normalized spacial score (nSPS) is 22.1. The fourth-order valence-corrected chi connectivity index (χ4v) is 3.06. The van der Waals surface area contributed by atoms with Crippen LogP contribution in [0.25, 0.3) is 0 Å². The van der Waals surface area contributed by atoms with Gasteiger partial charge in [0.15, 0.2) is 0 Å². The standard InChI is InChI=1S/C17H25N3O3/c1-12-7-14(8-16(21)18-12)17(22)20(9-13-3-4-13)11-15-10-19(2)5-6-23-15/h7-8,13,15H,3-6,9-11H2,1-2H3,(H,18,21). The second kappa shape index (κ2) is 6.84. The van der Waals surface area contributed by atoms with E-state index in [2.05, 4.69) is 16.9 Å². The van der Waals surface area contributed by atoms with E-state index in [1.165, 1.54) is 18.9 Å². The number of hydrogen-bond acceptors (Lipinski definition) is 4. The van der Waals surface area contributed by atoms with Gasteiger partial charge in [-0.2, -0.15) is 0 Å². The number of hydrogen-bond donors (Lipinski definition) is 1. The van der Waals surface area contributed by atoms with Crippen LogP contribution in [0.5, 0.6) is 0 Å². The maximum absolute atomic E-state index is 12.9. The second-order valence-corrected chi connectivity index (χ2v) is 6.82. The van der Waals surface area contributed by atoms with Crippen molar-refractivity contribution in [2.24, 2.45) is 5.92 Å². The molecule has 1 aromatic rings. The average molecular weight is 319 g/mol. The minimum Gasteiger partial charge on any atom is -0.374 e. The number of rotatable bonds is 5. The molecular weight excluding hydrogens is 294 g/mol. The summed E-state index contributed by atoms with van der Waals surface area (Å²) in [6.07, 6.45) is 2.41. The van der Waals surface area contributed by atoms with E-state index in [1.54, 1.807) is 13.0 Å². The molecule has 1 atom stereocenters. The first-order valence-corrected chi connectivity index (χ1v) is 8.31. The fourth-order valence-electron chi connectivity index (χ4n) is 3.06. The summed E-state index contributed by atoms with van der Waals surface area (Å²) in [6, 6.07) is 3.14. The molecule has 3 rings (SSSR count). The average Bonchev–Trinajstić information content (AvgIpc) is 3.29. The zero-order valence-electron chi connectivity index (χ0n) is 13.9. The molecule has 1 aromatic heterocycles. The van der Waals surface area contributed by atoms with E-state index in [1.807, 2.05) is 4.90 Å². The third-order valence-corrected chi connectivity index (χ3v) is 4.45. The molecule has 1 unspecified atom stereocenters. The number of pyridine rings is 1. The molecule has 1 aliphatic heterocycles. The minimum absolute atomic E-state index is 0.0412. The monoisotopic (exact) mass is 319 g/mol. The summed E-state index contributed by atoms with van der Waals surface area (Å²) < 4.78 is 5.81. The number of likely N-dealkylation sites (N-methyl/N-ethyl adjacent to an activating group) is 1. The van der Waals surface area contributed by atoms with Gasteiger partial charge in [0, 0.05) is 43.5 Å². The van der Waals surface area contributed by atoms with Crippen LogP contribution >= 0.6 is 0 Å². The number of nitrogens with one attached hydrogen (secondary N) is 1. The summed E-state index contributed by atoms with van der Waals surface area (Å²) in [6.45, 7) is 5.61. The van der Waals surface area contributed by atoms with Crippen molar-refractivity contribution >= 4 is 5.91 Å². The quantitative estimate of drug-likeness (QED) is 0.874. The summed E-state index contributed by atoms with van der Waals surface area (Å²) in [5.41, 5.74) is 0.949. The molecule has 126 valence electrons. The van der Waals surface area contributed by atoms with Gasteiger partial charge < -0.3 is 19.5 Å². The van der Waals surface area contributed by atoms with Crippen molar-refractivity contribution in [1.29, 1.82) is 0 Å². The lowest BCUT2D eigenvalue weighted by Crippen LogP contribution is -2.48. The summed E-state index contributed by atoms with van der Waals surface area (Å²) in [7, 11) is 2.07. The molecule has 1 saturated heterocycles. The van der Waals surface area contributed by atoms with Gasteiger partial charge in [-0.3, -0.25) is 9.59 Å². The highest BCUT2D eigenvalue weighted by atomic mass is 16.5. The fraction of sp³-hybridized carbons (Fsp3) is 0.647. The number of ether oxygens (including phenoxy) is 1. The lowest BCUT2D eigenvalue weighted by molar-refractivity contribution is -0.0331. The number of carbonyl (C=O) groups is 1. The summed E-state index contributed by atoms with van der Waals surface area (Å²) in [5.74, 6) is 0.534. The minimum atomic E-state index is -0.228. The summed E-state index contributed by atoms with van der Waals surface area (Å²) >= 11 is 0. The number of morpholine rings is 1. The van der Waals surface area contributed by atoms with Gasteiger partial charge in [0.25, 0.3) is 5.91 Å². The zero-order chi connectivity index (χ0) is 16.4. The Bertz CT molecular complexity index is 624. The molecule has 6 heteroatoms. The molecule has 0 radical (unpaired) electrons. The smallest absolute Gasteiger partial charge is 0.254 e. The molecule has 2 aliphatic rings. The molecule has 1 saturated carbocycles. The first-order chi connectivity index (χ1) is 11.0. The number of H-pyrrole nitrogens is 1. The lowest BCUT2D eigenvalue weighted by atomic mass is 10.1. The van der Waals surface area contributed by atoms with Crippen molar-refractivity contribution in [3.05, 3.63) is 33.7 Å². The van der Waals surface area contributed by atoms with Crippen LogP contribution < -0.4 is 5.56 Å². The van der Waals surface area contributed by atoms with Crippen LogP contribution in [-0.4, -0.2) is 66.6 Å². The van der Waals surface area contributed by atoms with Gasteiger partial charge >= 0.3 is 0 Å². The number of aromatic nitrogens is 1. The van der Waals surface area contributed by atoms with Crippen LogP contribution in [0.3, 0.4) is 0 Å². The first kappa shape index (κ1) is 16.2. The third kappa shape index (κ3) is 4.42. The number of aromatic amines is 1. The highest BCUT2D eigenvalue weighted by Crippen LogP contribution is 2.30. The molecule has 2 fully saturated rings. The topological polar surface area (TPSA) is 65.6 Å². The van der Waals surface area contributed by atoms with E-state index in [-0.39, 0.29) is 17.6 Å². The van der Waals surface area contributed by atoms with E-state index in [0.29, 0.717) is 30.3 Å². The van der Waals surface area contributed by atoms with Gasteiger partial charge in [-0.25, -0.2) is 0 Å². The number of aryl methyl sites for hydroxylation is 1. The molecule has 0 aromatic carbocycles. The molecular formula is C17H25N3O3. The Balaban J connectivity index is 1.74. The van der Waals surface area contributed by atoms with Crippen LogP contribution in [0.4, 0.5) is 0 Å². The van der Waals surface area contributed by atoms with Gasteiger partial charge in [-0.1, -0.05) is 0 Å². The van der Waals surface area contributed by atoms with E-state index in [4.69, 9.17) is 4.74 Å². The van der Waals surface area contributed by atoms with Gasteiger partial charge in [-0.05, 0) is 38.8 Å². The van der Waals surface area contributed by atoms with E-state index >= 15 is 0 Å². The number of amides is 1. The summed E-state index contributed by atoms with van der Waals surface area (Å²) in [4.78, 5) is 31.3. The Labute approximate surface area is 136 Å².